The molecule has 0 radical (unpaired) electrons. The summed E-state index contributed by atoms with van der Waals surface area (Å²) in [5, 5.41) is 18.1. The Morgan fingerprint density at radius 3 is 2.00 bits per heavy atom. The second-order valence-electron chi connectivity index (χ2n) is 4.08. The molecule has 0 aliphatic carbocycles. The zero-order valence-electron chi connectivity index (χ0n) is 9.72. The molecule has 0 aliphatic rings. The van der Waals surface area contributed by atoms with Gasteiger partial charge in [-0.2, -0.15) is 13.2 Å². The van der Waals surface area contributed by atoms with Crippen molar-refractivity contribution < 1.29 is 23.2 Å². The van der Waals surface area contributed by atoms with E-state index in [4.69, 9.17) is 10.0 Å². The van der Waals surface area contributed by atoms with E-state index in [1.807, 2.05) is 0 Å². The molecule has 6 heteroatoms. The van der Waals surface area contributed by atoms with Crippen LogP contribution in [0, 0.1) is 0 Å². The molecule has 0 amide bonds. The molecule has 0 saturated heterocycles. The number of hydrogen-bond acceptors (Lipinski definition) is 2. The van der Waals surface area contributed by atoms with Crippen molar-refractivity contribution in [1.29, 1.82) is 0 Å². The summed E-state index contributed by atoms with van der Waals surface area (Å²) in [5.41, 5.74) is -0.223. The van der Waals surface area contributed by atoms with E-state index in [-0.39, 0.29) is 5.46 Å². The first kappa shape index (κ1) is 13.6. The van der Waals surface area contributed by atoms with Gasteiger partial charge in [-0.15, -0.1) is 0 Å². The number of rotatable bonds is 2. The second-order valence-corrected chi connectivity index (χ2v) is 4.08. The SMILES string of the molecule is OB(O)c1cc(-c2ccccc2)cc(C(F)(F)F)c1. The summed E-state index contributed by atoms with van der Waals surface area (Å²) in [7, 11) is -1.94. The van der Waals surface area contributed by atoms with Crippen LogP contribution >= 0.6 is 0 Å². The van der Waals surface area contributed by atoms with E-state index in [1.165, 1.54) is 6.07 Å². The molecule has 2 nitrogen and oxygen atoms in total. The first-order valence-electron chi connectivity index (χ1n) is 5.51. The van der Waals surface area contributed by atoms with Crippen LogP contribution in [-0.4, -0.2) is 17.2 Å². The molecule has 0 fully saturated rings. The molecule has 0 atom stereocenters. The van der Waals surface area contributed by atoms with Gasteiger partial charge in [0.15, 0.2) is 0 Å². The summed E-state index contributed by atoms with van der Waals surface area (Å²) in [6.07, 6.45) is -4.53. The van der Waals surface area contributed by atoms with E-state index in [0.717, 1.165) is 12.1 Å². The normalized spacial score (nSPS) is 11.4. The smallest absolute Gasteiger partial charge is 0.423 e. The highest BCUT2D eigenvalue weighted by Gasteiger charge is 2.32. The molecular weight excluding hydrogens is 256 g/mol. The molecule has 2 N–H and O–H groups in total. The Labute approximate surface area is 108 Å². The van der Waals surface area contributed by atoms with Gasteiger partial charge >= 0.3 is 13.3 Å². The van der Waals surface area contributed by atoms with Gasteiger partial charge in [0.1, 0.15) is 0 Å². The quantitative estimate of drug-likeness (QED) is 0.817. The Bertz CT molecular complexity index is 568. The van der Waals surface area contributed by atoms with Gasteiger partial charge < -0.3 is 10.0 Å². The fourth-order valence-electron chi connectivity index (χ4n) is 1.76. The average molecular weight is 266 g/mol. The third kappa shape index (κ3) is 3.16. The molecule has 2 aromatic rings. The van der Waals surface area contributed by atoms with E-state index in [2.05, 4.69) is 0 Å². The minimum atomic E-state index is -4.53. The van der Waals surface area contributed by atoms with Gasteiger partial charge in [0.25, 0.3) is 0 Å². The number of hydrogen-bond donors (Lipinski definition) is 2. The Balaban J connectivity index is 2.59. The van der Waals surface area contributed by atoms with Gasteiger partial charge in [-0.05, 0) is 22.7 Å². The number of benzene rings is 2. The van der Waals surface area contributed by atoms with Crippen LogP contribution in [0.4, 0.5) is 13.2 Å². The summed E-state index contributed by atoms with van der Waals surface area (Å²) >= 11 is 0. The molecule has 19 heavy (non-hydrogen) atoms. The first-order chi connectivity index (χ1) is 8.88. The molecule has 98 valence electrons. The molecule has 2 rings (SSSR count). The predicted octanol–water partition coefficient (Wildman–Crippen LogP) is 2.05. The molecule has 0 heterocycles. The first-order valence-corrected chi connectivity index (χ1v) is 5.51. The Kier molecular flexibility index (Phi) is 3.64. The van der Waals surface area contributed by atoms with E-state index in [1.54, 1.807) is 30.3 Å². The molecule has 2 aromatic carbocycles. The summed E-state index contributed by atoms with van der Waals surface area (Å²) in [4.78, 5) is 0. The fraction of sp³-hybridized carbons (Fsp3) is 0.0769. The molecule has 0 bridgehead atoms. The number of alkyl halides is 3. The fourth-order valence-corrected chi connectivity index (χ4v) is 1.76. The lowest BCUT2D eigenvalue weighted by Gasteiger charge is -2.12. The Morgan fingerprint density at radius 1 is 0.842 bits per heavy atom. The molecule has 0 aliphatic heterocycles. The van der Waals surface area contributed by atoms with Crippen molar-refractivity contribution in [2.24, 2.45) is 0 Å². The van der Waals surface area contributed by atoms with E-state index < -0.39 is 18.9 Å². The summed E-state index contributed by atoms with van der Waals surface area (Å²) in [6.45, 7) is 0. The van der Waals surface area contributed by atoms with Crippen LogP contribution in [0.15, 0.2) is 48.5 Å². The van der Waals surface area contributed by atoms with Gasteiger partial charge in [0.05, 0.1) is 5.56 Å². The maximum Gasteiger partial charge on any atom is 0.488 e. The highest BCUT2D eigenvalue weighted by molar-refractivity contribution is 6.58. The third-order valence-electron chi connectivity index (χ3n) is 2.69. The maximum atomic E-state index is 12.8. The van der Waals surface area contributed by atoms with E-state index >= 15 is 0 Å². The van der Waals surface area contributed by atoms with Crippen molar-refractivity contribution in [3.05, 3.63) is 54.1 Å². The highest BCUT2D eigenvalue weighted by atomic mass is 19.4. The summed E-state index contributed by atoms with van der Waals surface area (Å²) in [6, 6.07) is 11.5. The van der Waals surface area contributed by atoms with Gasteiger partial charge in [0.2, 0.25) is 0 Å². The molecule has 0 spiro atoms. The van der Waals surface area contributed by atoms with Crippen molar-refractivity contribution in [2.75, 3.05) is 0 Å². The monoisotopic (exact) mass is 266 g/mol. The lowest BCUT2D eigenvalue weighted by Crippen LogP contribution is -2.31. The standard InChI is InChI=1S/C13H10BF3O2/c15-13(16,17)11-6-10(7-12(8-11)14(18)19)9-4-2-1-3-5-9/h1-8,18-19H. The van der Waals surface area contributed by atoms with Crippen LogP contribution in [0.2, 0.25) is 0 Å². The van der Waals surface area contributed by atoms with Gasteiger partial charge in [-0.25, -0.2) is 0 Å². The van der Waals surface area contributed by atoms with Crippen molar-refractivity contribution in [3.63, 3.8) is 0 Å². The van der Waals surface area contributed by atoms with Crippen LogP contribution in [0.25, 0.3) is 11.1 Å². The van der Waals surface area contributed by atoms with Gasteiger partial charge in [-0.3, -0.25) is 0 Å². The largest absolute Gasteiger partial charge is 0.488 e. The maximum absolute atomic E-state index is 12.8. The topological polar surface area (TPSA) is 40.5 Å². The van der Waals surface area contributed by atoms with Crippen molar-refractivity contribution in [2.45, 2.75) is 6.18 Å². The molecule has 0 aromatic heterocycles. The van der Waals surface area contributed by atoms with Crippen molar-refractivity contribution in [3.8, 4) is 11.1 Å². The van der Waals surface area contributed by atoms with Crippen molar-refractivity contribution >= 4 is 12.6 Å². The lowest BCUT2D eigenvalue weighted by molar-refractivity contribution is -0.137. The zero-order chi connectivity index (χ0) is 14.0. The van der Waals surface area contributed by atoms with Gasteiger partial charge in [-0.1, -0.05) is 42.5 Å². The Hall–Kier alpha value is -1.79. The van der Waals surface area contributed by atoms with Crippen molar-refractivity contribution in [1.82, 2.24) is 0 Å². The van der Waals surface area contributed by atoms with Crippen LogP contribution in [0.5, 0.6) is 0 Å². The minimum Gasteiger partial charge on any atom is -0.423 e. The van der Waals surface area contributed by atoms with E-state index in [0.29, 0.717) is 11.1 Å². The molecule has 0 saturated carbocycles. The minimum absolute atomic E-state index is 0.186. The number of halogens is 3. The second kappa shape index (κ2) is 5.07. The van der Waals surface area contributed by atoms with Crippen LogP contribution in [0.1, 0.15) is 5.56 Å². The van der Waals surface area contributed by atoms with E-state index in [9.17, 15) is 13.2 Å². The summed E-state index contributed by atoms with van der Waals surface area (Å²) < 4.78 is 38.3. The summed E-state index contributed by atoms with van der Waals surface area (Å²) in [5.74, 6) is 0. The average Bonchev–Trinajstić information content (AvgIpc) is 2.38. The predicted molar refractivity (Wildman–Crippen MR) is 66.7 cm³/mol. The van der Waals surface area contributed by atoms with Crippen LogP contribution < -0.4 is 5.46 Å². The third-order valence-corrected chi connectivity index (χ3v) is 2.69. The highest BCUT2D eigenvalue weighted by Crippen LogP contribution is 2.31. The Morgan fingerprint density at radius 2 is 1.47 bits per heavy atom. The van der Waals surface area contributed by atoms with Crippen LogP contribution in [0.3, 0.4) is 0 Å². The van der Waals surface area contributed by atoms with Crippen LogP contribution in [-0.2, 0) is 6.18 Å². The molecular formula is C13H10BF3O2. The van der Waals surface area contributed by atoms with Gasteiger partial charge in [0, 0.05) is 0 Å². The molecule has 0 unspecified atom stereocenters. The lowest BCUT2D eigenvalue weighted by atomic mass is 9.78. The zero-order valence-corrected chi connectivity index (χ0v) is 9.72.